The summed E-state index contributed by atoms with van der Waals surface area (Å²) in [5.41, 5.74) is 9.24. The van der Waals surface area contributed by atoms with Gasteiger partial charge in [0.05, 0.1) is 11.3 Å². The lowest BCUT2D eigenvalue weighted by Gasteiger charge is -2.20. The van der Waals surface area contributed by atoms with Gasteiger partial charge < -0.3 is 20.2 Å². The molecule has 2 unspecified atom stereocenters. The van der Waals surface area contributed by atoms with Gasteiger partial charge in [-0.1, -0.05) is 24.6 Å². The summed E-state index contributed by atoms with van der Waals surface area (Å²) in [6.07, 6.45) is 7.09. The first-order valence-electron chi connectivity index (χ1n) is 9.81. The number of imidazole rings is 1. The van der Waals surface area contributed by atoms with E-state index < -0.39 is 0 Å². The average molecular weight is 378 g/mol. The number of hydrogen-bond donors (Lipinski definition) is 2. The predicted molar refractivity (Wildman–Crippen MR) is 108 cm³/mol. The molecule has 2 aromatic heterocycles. The number of amides is 1. The summed E-state index contributed by atoms with van der Waals surface area (Å²) in [6.45, 7) is 2.95. The summed E-state index contributed by atoms with van der Waals surface area (Å²) >= 11 is 0. The minimum atomic E-state index is -0.105. The molecule has 0 saturated heterocycles. The van der Waals surface area contributed by atoms with Crippen LogP contribution in [0.15, 0.2) is 48.8 Å². The maximum atomic E-state index is 12.8. The number of nitrogens with zero attached hydrogens (tertiary/aromatic N) is 2. The van der Waals surface area contributed by atoms with Gasteiger partial charge in [-0.2, -0.15) is 0 Å². The van der Waals surface area contributed by atoms with E-state index >= 15 is 0 Å². The number of nitrogens with two attached hydrogens (primary N) is 1. The van der Waals surface area contributed by atoms with E-state index in [1.807, 2.05) is 54.0 Å². The van der Waals surface area contributed by atoms with E-state index in [1.54, 1.807) is 6.07 Å². The molecule has 3 N–H and O–H groups in total. The molecule has 3 aromatic rings. The normalized spacial score (nSPS) is 19.1. The molecule has 0 radical (unpaired) electrons. The molecular formula is C22H26N4O2. The number of fused-ring (bicyclic) bond motifs is 1. The molecule has 1 fully saturated rings. The Morgan fingerprint density at radius 2 is 2.14 bits per heavy atom. The largest absolute Gasteiger partial charge is 0.486 e. The Balaban J connectivity index is 1.48. The van der Waals surface area contributed by atoms with Crippen LogP contribution in [-0.4, -0.2) is 27.9 Å². The second kappa shape index (κ2) is 8.02. The molecule has 2 heterocycles. The zero-order valence-electron chi connectivity index (χ0n) is 16.1. The quantitative estimate of drug-likeness (QED) is 0.691. The van der Waals surface area contributed by atoms with Gasteiger partial charge in [0.2, 0.25) is 0 Å². The molecule has 0 bridgehead atoms. The molecule has 0 spiro atoms. The molecule has 1 aliphatic rings. The number of pyridine rings is 1. The molecule has 1 saturated carbocycles. The van der Waals surface area contributed by atoms with E-state index in [0.29, 0.717) is 30.4 Å². The van der Waals surface area contributed by atoms with E-state index in [9.17, 15) is 4.79 Å². The van der Waals surface area contributed by atoms with E-state index in [1.165, 1.54) is 0 Å². The highest BCUT2D eigenvalue weighted by Crippen LogP contribution is 2.26. The van der Waals surface area contributed by atoms with Crippen molar-refractivity contribution in [3.8, 4) is 5.75 Å². The fraction of sp³-hybridized carbons (Fsp3) is 0.364. The molecule has 1 aliphatic carbocycles. The van der Waals surface area contributed by atoms with Crippen molar-refractivity contribution in [2.45, 2.75) is 38.8 Å². The molecule has 1 aromatic carbocycles. The summed E-state index contributed by atoms with van der Waals surface area (Å²) in [4.78, 5) is 17.5. The van der Waals surface area contributed by atoms with Crippen LogP contribution in [0.2, 0.25) is 0 Å². The zero-order valence-corrected chi connectivity index (χ0v) is 16.1. The number of aromatic nitrogens is 2. The van der Waals surface area contributed by atoms with E-state index in [4.69, 9.17) is 10.5 Å². The van der Waals surface area contributed by atoms with Crippen LogP contribution in [0.3, 0.4) is 0 Å². The van der Waals surface area contributed by atoms with Gasteiger partial charge in [0, 0.05) is 18.4 Å². The second-order valence-electron chi connectivity index (χ2n) is 7.45. The van der Waals surface area contributed by atoms with Crippen LogP contribution in [0.4, 0.5) is 0 Å². The van der Waals surface area contributed by atoms with Gasteiger partial charge in [-0.05, 0) is 56.0 Å². The van der Waals surface area contributed by atoms with Crippen LogP contribution in [0.5, 0.6) is 5.75 Å². The second-order valence-corrected chi connectivity index (χ2v) is 7.45. The Morgan fingerprint density at radius 1 is 1.29 bits per heavy atom. The molecule has 4 rings (SSSR count). The van der Waals surface area contributed by atoms with Crippen LogP contribution in [0, 0.1) is 12.8 Å². The lowest BCUT2D eigenvalue weighted by Crippen LogP contribution is -2.40. The number of carbonyl (C=O) groups excluding carboxylic acids is 1. The van der Waals surface area contributed by atoms with E-state index in [-0.39, 0.29) is 11.9 Å². The lowest BCUT2D eigenvalue weighted by molar-refractivity contribution is 0.0924. The van der Waals surface area contributed by atoms with Gasteiger partial charge in [-0.3, -0.25) is 4.79 Å². The monoisotopic (exact) mass is 378 g/mol. The first kappa shape index (κ1) is 18.5. The van der Waals surface area contributed by atoms with Crippen molar-refractivity contribution in [3.63, 3.8) is 0 Å². The SMILES string of the molecule is Cc1cccn2cc(COc3ccccc3C(=O)NC3CCCC3CN)nc12. The van der Waals surface area contributed by atoms with Crippen LogP contribution in [0.25, 0.3) is 5.65 Å². The minimum absolute atomic E-state index is 0.105. The highest BCUT2D eigenvalue weighted by atomic mass is 16.5. The van der Waals surface area contributed by atoms with Gasteiger partial charge in [-0.15, -0.1) is 0 Å². The van der Waals surface area contributed by atoms with Gasteiger partial charge in [0.25, 0.3) is 5.91 Å². The number of benzene rings is 1. The molecule has 2 atom stereocenters. The van der Waals surface area contributed by atoms with Gasteiger partial charge in [0.1, 0.15) is 18.0 Å². The van der Waals surface area contributed by atoms with Crippen molar-refractivity contribution in [1.82, 2.24) is 14.7 Å². The van der Waals surface area contributed by atoms with Crippen LogP contribution in [-0.2, 0) is 6.61 Å². The third-order valence-corrected chi connectivity index (χ3v) is 5.51. The Kier molecular flexibility index (Phi) is 5.30. The van der Waals surface area contributed by atoms with Gasteiger partial charge in [0.15, 0.2) is 0 Å². The first-order valence-corrected chi connectivity index (χ1v) is 9.81. The fourth-order valence-corrected chi connectivity index (χ4v) is 3.96. The van der Waals surface area contributed by atoms with Crippen molar-refractivity contribution < 1.29 is 9.53 Å². The summed E-state index contributed by atoms with van der Waals surface area (Å²) in [5, 5.41) is 3.15. The van der Waals surface area contributed by atoms with Crippen LogP contribution in [0.1, 0.15) is 40.9 Å². The maximum absolute atomic E-state index is 12.8. The number of ether oxygens (including phenoxy) is 1. The number of hydrogen-bond acceptors (Lipinski definition) is 4. The highest BCUT2D eigenvalue weighted by Gasteiger charge is 2.28. The summed E-state index contributed by atoms with van der Waals surface area (Å²) < 4.78 is 7.96. The van der Waals surface area contributed by atoms with Crippen LogP contribution >= 0.6 is 0 Å². The number of carbonyl (C=O) groups is 1. The third kappa shape index (κ3) is 3.73. The number of rotatable bonds is 6. The molecular weight excluding hydrogens is 352 g/mol. The maximum Gasteiger partial charge on any atom is 0.255 e. The van der Waals surface area contributed by atoms with E-state index in [0.717, 1.165) is 36.2 Å². The Bertz CT molecular complexity index is 982. The number of nitrogens with one attached hydrogen (secondary N) is 1. The third-order valence-electron chi connectivity index (χ3n) is 5.51. The molecule has 6 nitrogen and oxygen atoms in total. The Morgan fingerprint density at radius 3 is 2.96 bits per heavy atom. The molecule has 1 amide bonds. The standard InChI is InChI=1S/C22H26N4O2/c1-15-6-5-11-26-13-17(24-21(15)26)14-28-20-10-3-2-8-18(20)22(27)25-19-9-4-7-16(19)12-23/h2-3,5-6,8,10-11,13,16,19H,4,7,9,12,14,23H2,1H3,(H,25,27). The summed E-state index contributed by atoms with van der Waals surface area (Å²) in [7, 11) is 0. The average Bonchev–Trinajstić information content (AvgIpc) is 3.33. The molecule has 0 aliphatic heterocycles. The van der Waals surface area contributed by atoms with Gasteiger partial charge in [-0.25, -0.2) is 4.98 Å². The zero-order chi connectivity index (χ0) is 19.5. The predicted octanol–water partition coefficient (Wildman–Crippen LogP) is 3.08. The highest BCUT2D eigenvalue weighted by molar-refractivity contribution is 5.97. The number of aryl methyl sites for hydroxylation is 1. The van der Waals surface area contributed by atoms with Crippen molar-refractivity contribution in [3.05, 3.63) is 65.6 Å². The number of para-hydroxylation sites is 1. The smallest absolute Gasteiger partial charge is 0.255 e. The Hall–Kier alpha value is -2.86. The summed E-state index contributed by atoms with van der Waals surface area (Å²) in [6, 6.07) is 11.5. The van der Waals surface area contributed by atoms with Crippen molar-refractivity contribution in [2.75, 3.05) is 6.54 Å². The van der Waals surface area contributed by atoms with Gasteiger partial charge >= 0.3 is 0 Å². The minimum Gasteiger partial charge on any atom is -0.486 e. The lowest BCUT2D eigenvalue weighted by atomic mass is 10.0. The van der Waals surface area contributed by atoms with Crippen molar-refractivity contribution >= 4 is 11.6 Å². The van der Waals surface area contributed by atoms with Crippen LogP contribution < -0.4 is 15.8 Å². The topological polar surface area (TPSA) is 81.7 Å². The van der Waals surface area contributed by atoms with E-state index in [2.05, 4.69) is 10.3 Å². The summed E-state index contributed by atoms with van der Waals surface area (Å²) in [5.74, 6) is 0.820. The van der Waals surface area contributed by atoms with Crippen molar-refractivity contribution in [2.24, 2.45) is 11.7 Å². The fourth-order valence-electron chi connectivity index (χ4n) is 3.96. The molecule has 6 heteroatoms. The van der Waals surface area contributed by atoms with Crippen molar-refractivity contribution in [1.29, 1.82) is 0 Å². The molecule has 146 valence electrons. The first-order chi connectivity index (χ1) is 13.7. The Labute approximate surface area is 164 Å². The molecule has 28 heavy (non-hydrogen) atoms.